The number of nitrogens with two attached hydrogens (primary N) is 1. The van der Waals surface area contributed by atoms with Gasteiger partial charge in [-0.1, -0.05) is 6.07 Å². The number of aromatic nitrogens is 4. The first kappa shape index (κ1) is 52.1. The van der Waals surface area contributed by atoms with E-state index < -0.39 is 17.4 Å². The van der Waals surface area contributed by atoms with E-state index in [2.05, 4.69) is 9.97 Å². The summed E-state index contributed by atoms with van der Waals surface area (Å²) in [5.41, 5.74) is 7.00. The summed E-state index contributed by atoms with van der Waals surface area (Å²) >= 11 is 0. The molecule has 0 saturated carbocycles. The quantitative estimate of drug-likeness (QED) is 0.0649. The monoisotopic (exact) mass is 957 g/mol. The molecule has 0 aliphatic carbocycles. The lowest BCUT2D eigenvalue weighted by Gasteiger charge is -2.37. The van der Waals surface area contributed by atoms with Crippen molar-refractivity contribution in [1.29, 1.82) is 0 Å². The molecule has 2 N–H and O–H groups in total. The summed E-state index contributed by atoms with van der Waals surface area (Å²) in [6.07, 6.45) is -1.40. The van der Waals surface area contributed by atoms with Crippen LogP contribution in [0.15, 0.2) is 65.7 Å². The van der Waals surface area contributed by atoms with Crippen molar-refractivity contribution in [3.05, 3.63) is 77.0 Å². The van der Waals surface area contributed by atoms with Gasteiger partial charge < -0.3 is 58.2 Å². The molecule has 0 radical (unpaired) electrons. The van der Waals surface area contributed by atoms with Crippen molar-refractivity contribution in [3.63, 3.8) is 0 Å². The summed E-state index contributed by atoms with van der Waals surface area (Å²) in [6.45, 7) is 8.20. The number of nitrogens with zero attached hydrogens (tertiary/aromatic N) is 6. The molecule has 21 heteroatoms. The Kier molecular flexibility index (Phi) is 20.8. The molecular formula is C47H62F3N7O11. The minimum absolute atomic E-state index is 0.0243. The standard InChI is InChI=1S/C47H62F3N7O11/c1-54-42-34-52-40-6-3-35(36-4-8-43(60-2)53-33-36)31-38(40)45(42)57(46(54)59)37-5-7-41(39(32-37)47(48,49)50)55-11-13-56(14-12-55)44(58)9-15-61-17-19-63-21-23-65-25-27-67-29-30-68-28-26-66-24-22-64-20-18-62-16-10-51/h3-8,31-34H,9-30,51H2,1-2H3. The lowest BCUT2D eigenvalue weighted by Crippen LogP contribution is -2.49. The molecule has 0 atom stereocenters. The molecule has 0 bridgehead atoms. The highest BCUT2D eigenvalue weighted by Crippen LogP contribution is 2.39. The number of aryl methyl sites for hydroxylation is 1. The Morgan fingerprint density at radius 3 is 1.72 bits per heavy atom. The van der Waals surface area contributed by atoms with Crippen LogP contribution >= 0.6 is 0 Å². The van der Waals surface area contributed by atoms with Crippen LogP contribution < -0.4 is 21.1 Å². The second-order valence-corrected chi connectivity index (χ2v) is 15.5. The number of hydrogen-bond donors (Lipinski definition) is 1. The minimum Gasteiger partial charge on any atom is -0.481 e. The van der Waals surface area contributed by atoms with Gasteiger partial charge in [-0.05, 0) is 42.0 Å². The number of methoxy groups -OCH3 is 1. The first-order valence-electron chi connectivity index (χ1n) is 22.7. The molecule has 1 aliphatic rings. The zero-order chi connectivity index (χ0) is 48.1. The number of fused-ring (bicyclic) bond motifs is 3. The number of piperazine rings is 1. The zero-order valence-corrected chi connectivity index (χ0v) is 38.7. The number of benzene rings is 2. The predicted molar refractivity (Wildman–Crippen MR) is 248 cm³/mol. The van der Waals surface area contributed by atoms with E-state index in [-0.39, 0.29) is 56.5 Å². The van der Waals surface area contributed by atoms with Crippen molar-refractivity contribution in [2.75, 3.05) is 150 Å². The Balaban J connectivity index is 0.875. The van der Waals surface area contributed by atoms with E-state index in [1.54, 1.807) is 41.4 Å². The molecule has 1 fully saturated rings. The number of anilines is 1. The second kappa shape index (κ2) is 27.1. The number of amides is 1. The zero-order valence-electron chi connectivity index (χ0n) is 38.7. The van der Waals surface area contributed by atoms with Gasteiger partial charge in [0.2, 0.25) is 11.8 Å². The molecule has 2 aromatic carbocycles. The normalized spacial score (nSPS) is 13.3. The third kappa shape index (κ3) is 14.9. The number of hydrogen-bond acceptors (Lipinski definition) is 15. The summed E-state index contributed by atoms with van der Waals surface area (Å²) < 4.78 is 96.1. The summed E-state index contributed by atoms with van der Waals surface area (Å²) in [5, 5.41) is 0.586. The maximum Gasteiger partial charge on any atom is 0.418 e. The SMILES string of the molecule is COc1ccc(-c2ccc3ncc4c(c3c2)n(-c2ccc(N3CCN(C(=O)CCOCCOCCOCCOCCOCCOCCOCCOCCN)CC3)c(C(F)(F)F)c2)c(=O)n4C)cn1. The van der Waals surface area contributed by atoms with Crippen molar-refractivity contribution in [2.45, 2.75) is 12.6 Å². The number of carbonyl (C=O) groups excluding carboxylic acids is 1. The van der Waals surface area contributed by atoms with Gasteiger partial charge in [0.1, 0.15) is 0 Å². The molecule has 1 amide bonds. The van der Waals surface area contributed by atoms with E-state index in [0.29, 0.717) is 133 Å². The summed E-state index contributed by atoms with van der Waals surface area (Å²) in [6, 6.07) is 13.0. The number of halogens is 3. The van der Waals surface area contributed by atoms with Gasteiger partial charge in [-0.15, -0.1) is 0 Å². The van der Waals surface area contributed by atoms with Gasteiger partial charge in [-0.3, -0.25) is 18.9 Å². The average molecular weight is 958 g/mol. The smallest absolute Gasteiger partial charge is 0.418 e. The number of carbonyl (C=O) groups is 1. The molecule has 0 unspecified atom stereocenters. The third-order valence-electron chi connectivity index (χ3n) is 11.0. The molecule has 18 nitrogen and oxygen atoms in total. The molecule has 6 rings (SSSR count). The molecule has 1 aliphatic heterocycles. The largest absolute Gasteiger partial charge is 0.481 e. The Hall–Kier alpha value is -5.23. The minimum atomic E-state index is -4.74. The van der Waals surface area contributed by atoms with Crippen LogP contribution in [0.5, 0.6) is 5.88 Å². The van der Waals surface area contributed by atoms with E-state index in [9.17, 15) is 22.8 Å². The van der Waals surface area contributed by atoms with Gasteiger partial charge in [0.15, 0.2) is 0 Å². The molecule has 1 saturated heterocycles. The van der Waals surface area contributed by atoms with Crippen molar-refractivity contribution < 1.29 is 60.6 Å². The fourth-order valence-electron chi connectivity index (χ4n) is 7.49. The van der Waals surface area contributed by atoms with Gasteiger partial charge in [0.05, 0.1) is 153 Å². The van der Waals surface area contributed by atoms with E-state index >= 15 is 0 Å². The van der Waals surface area contributed by atoms with Gasteiger partial charge in [-0.2, -0.15) is 13.2 Å². The first-order valence-corrected chi connectivity index (χ1v) is 22.7. The van der Waals surface area contributed by atoms with Crippen LogP contribution in [0, 0.1) is 0 Å². The Morgan fingerprint density at radius 2 is 1.21 bits per heavy atom. The Bertz CT molecular complexity index is 2380. The van der Waals surface area contributed by atoms with Crippen molar-refractivity contribution in [3.8, 4) is 22.7 Å². The van der Waals surface area contributed by atoms with Gasteiger partial charge in [-0.25, -0.2) is 9.78 Å². The average Bonchev–Trinajstić information content (AvgIpc) is 3.61. The molecule has 372 valence electrons. The van der Waals surface area contributed by atoms with Crippen molar-refractivity contribution >= 4 is 33.5 Å². The Labute approximate surface area is 392 Å². The highest BCUT2D eigenvalue weighted by atomic mass is 19.4. The number of alkyl halides is 3. The van der Waals surface area contributed by atoms with Crippen LogP contribution in [0.3, 0.4) is 0 Å². The van der Waals surface area contributed by atoms with E-state index in [0.717, 1.165) is 17.2 Å². The van der Waals surface area contributed by atoms with Gasteiger partial charge in [0.25, 0.3) is 0 Å². The van der Waals surface area contributed by atoms with E-state index in [1.165, 1.54) is 28.4 Å². The van der Waals surface area contributed by atoms with Crippen LogP contribution in [-0.4, -0.2) is 175 Å². The van der Waals surface area contributed by atoms with Crippen LogP contribution in [0.4, 0.5) is 18.9 Å². The topological polar surface area (TPSA) is 185 Å². The molecular weight excluding hydrogens is 896 g/mol. The third-order valence-corrected chi connectivity index (χ3v) is 11.0. The molecule has 4 heterocycles. The summed E-state index contributed by atoms with van der Waals surface area (Å²) in [5.74, 6) is 0.306. The Morgan fingerprint density at radius 1 is 0.662 bits per heavy atom. The lowest BCUT2D eigenvalue weighted by molar-refractivity contribution is -0.137. The predicted octanol–water partition coefficient (Wildman–Crippen LogP) is 4.10. The van der Waals surface area contributed by atoms with Crippen molar-refractivity contribution in [1.82, 2.24) is 24.0 Å². The van der Waals surface area contributed by atoms with Crippen LogP contribution in [-0.2, 0) is 55.9 Å². The summed E-state index contributed by atoms with van der Waals surface area (Å²) in [4.78, 5) is 38.9. The highest BCUT2D eigenvalue weighted by Gasteiger charge is 2.37. The van der Waals surface area contributed by atoms with Crippen LogP contribution in [0.1, 0.15) is 12.0 Å². The highest BCUT2D eigenvalue weighted by molar-refractivity contribution is 6.04. The van der Waals surface area contributed by atoms with Crippen LogP contribution in [0.2, 0.25) is 0 Å². The maximum atomic E-state index is 14.9. The fraction of sp³-hybridized carbons (Fsp3) is 0.532. The number of ether oxygens (including phenoxy) is 9. The number of rotatable bonds is 30. The van der Waals surface area contributed by atoms with Crippen LogP contribution in [0.25, 0.3) is 38.8 Å². The molecule has 5 aromatic rings. The molecule has 3 aromatic heterocycles. The van der Waals surface area contributed by atoms with Gasteiger partial charge >= 0.3 is 11.9 Å². The second-order valence-electron chi connectivity index (χ2n) is 15.5. The molecule has 0 spiro atoms. The first-order chi connectivity index (χ1) is 33.1. The maximum absolute atomic E-state index is 14.9. The van der Waals surface area contributed by atoms with Crippen molar-refractivity contribution in [2.24, 2.45) is 12.8 Å². The fourth-order valence-corrected chi connectivity index (χ4v) is 7.49. The number of pyridine rings is 2. The lowest BCUT2D eigenvalue weighted by atomic mass is 10.0. The van der Waals surface area contributed by atoms with E-state index in [4.69, 9.17) is 48.4 Å². The molecule has 68 heavy (non-hydrogen) atoms. The van der Waals surface area contributed by atoms with Gasteiger partial charge in [0, 0.05) is 68.7 Å². The number of imidazole rings is 1. The summed E-state index contributed by atoms with van der Waals surface area (Å²) in [7, 11) is 3.09. The van der Waals surface area contributed by atoms with E-state index in [1.807, 2.05) is 18.2 Å².